The largest absolute Gasteiger partial charge is 0.392 e. The number of hydrazone groups is 1. The van der Waals surface area contributed by atoms with E-state index in [0.717, 1.165) is 11.1 Å². The van der Waals surface area contributed by atoms with E-state index in [1.165, 1.54) is 0 Å². The average molecular weight is 415 g/mol. The Morgan fingerprint density at radius 3 is 2.59 bits per heavy atom. The number of urea groups is 1. The first kappa shape index (κ1) is 20.8. The van der Waals surface area contributed by atoms with E-state index in [1.54, 1.807) is 30.3 Å². The Balaban J connectivity index is 1.86. The predicted octanol–water partition coefficient (Wildman–Crippen LogP) is 4.03. The quantitative estimate of drug-likeness (QED) is 0.607. The van der Waals surface area contributed by atoms with E-state index in [9.17, 15) is 14.7 Å². The molecule has 2 aromatic carbocycles. The zero-order chi connectivity index (χ0) is 21.2. The van der Waals surface area contributed by atoms with Crippen molar-refractivity contribution in [1.82, 2.24) is 5.43 Å². The summed E-state index contributed by atoms with van der Waals surface area (Å²) in [5.74, 6) is -0.137. The summed E-state index contributed by atoms with van der Waals surface area (Å²) in [7, 11) is 0. The lowest BCUT2D eigenvalue weighted by molar-refractivity contribution is -0.122. The molecule has 1 aliphatic rings. The normalized spacial score (nSPS) is 15.3. The van der Waals surface area contributed by atoms with Gasteiger partial charge in [0.05, 0.1) is 12.3 Å². The summed E-state index contributed by atoms with van der Waals surface area (Å²) in [6, 6.07) is 10.0. The van der Waals surface area contributed by atoms with Gasteiger partial charge in [-0.3, -0.25) is 4.79 Å². The fraction of sp³-hybridized carbons (Fsp3) is 0.286. The fourth-order valence-corrected chi connectivity index (χ4v) is 3.50. The Morgan fingerprint density at radius 2 is 1.93 bits per heavy atom. The third-order valence-electron chi connectivity index (χ3n) is 4.77. The van der Waals surface area contributed by atoms with Crippen molar-refractivity contribution < 1.29 is 14.7 Å². The van der Waals surface area contributed by atoms with Crippen LogP contribution >= 0.6 is 11.6 Å². The number of aliphatic hydroxyl groups is 1. The van der Waals surface area contributed by atoms with Crippen LogP contribution in [0.25, 0.3) is 0 Å². The molecule has 0 aliphatic carbocycles. The molecule has 0 spiro atoms. The SMILES string of the molecule is Cc1cc(Cl)ccc1NC(=O)Nc1cc(C2=NNC(=O)CC2(C)C)ccc1CO. The molecule has 3 amide bonds. The number of carbonyl (C=O) groups excluding carboxylic acids is 2. The minimum atomic E-state index is -0.455. The Bertz CT molecular complexity index is 1000. The fourth-order valence-electron chi connectivity index (χ4n) is 3.27. The van der Waals surface area contributed by atoms with Gasteiger partial charge in [0, 0.05) is 39.4 Å². The van der Waals surface area contributed by atoms with Crippen LogP contribution in [0.5, 0.6) is 0 Å². The molecule has 8 heteroatoms. The Labute approximate surface area is 174 Å². The number of aliphatic hydroxyl groups excluding tert-OH is 1. The van der Waals surface area contributed by atoms with Crippen LogP contribution in [0.15, 0.2) is 41.5 Å². The summed E-state index contributed by atoms with van der Waals surface area (Å²) in [4.78, 5) is 24.2. The summed E-state index contributed by atoms with van der Waals surface area (Å²) in [6.07, 6.45) is 0.312. The second-order valence-electron chi connectivity index (χ2n) is 7.62. The number of anilines is 2. The summed E-state index contributed by atoms with van der Waals surface area (Å²) in [5, 5.41) is 20.0. The minimum absolute atomic E-state index is 0.137. The van der Waals surface area contributed by atoms with E-state index < -0.39 is 11.4 Å². The standard InChI is InChI=1S/C21H23ClN4O3/c1-12-8-15(22)6-7-16(12)23-20(29)24-17-9-13(4-5-14(17)11-27)19-21(2,3)10-18(28)25-26-19/h4-9,27H,10-11H2,1-3H3,(H,25,28)(H2,23,24,29). The molecule has 1 aliphatic heterocycles. The van der Waals surface area contributed by atoms with Crippen LogP contribution in [0.4, 0.5) is 16.2 Å². The van der Waals surface area contributed by atoms with E-state index in [0.29, 0.717) is 34.1 Å². The third kappa shape index (κ3) is 4.75. The highest BCUT2D eigenvalue weighted by atomic mass is 35.5. The molecule has 0 saturated carbocycles. The van der Waals surface area contributed by atoms with Gasteiger partial charge in [0.2, 0.25) is 5.91 Å². The molecule has 7 nitrogen and oxygen atoms in total. The molecule has 3 rings (SSSR count). The van der Waals surface area contributed by atoms with Crippen LogP contribution in [0.3, 0.4) is 0 Å². The molecule has 0 fully saturated rings. The molecule has 4 N–H and O–H groups in total. The number of benzene rings is 2. The molecule has 0 saturated heterocycles. The van der Waals surface area contributed by atoms with Gasteiger partial charge in [-0.2, -0.15) is 5.10 Å². The summed E-state index contributed by atoms with van der Waals surface area (Å²) >= 11 is 5.95. The first-order valence-corrected chi connectivity index (χ1v) is 9.53. The van der Waals surface area contributed by atoms with E-state index in [2.05, 4.69) is 21.2 Å². The van der Waals surface area contributed by atoms with Gasteiger partial charge in [0.25, 0.3) is 0 Å². The molecule has 29 heavy (non-hydrogen) atoms. The van der Waals surface area contributed by atoms with Crippen molar-refractivity contribution in [3.8, 4) is 0 Å². The van der Waals surface area contributed by atoms with Crippen molar-refractivity contribution in [1.29, 1.82) is 0 Å². The molecular weight excluding hydrogens is 392 g/mol. The maximum absolute atomic E-state index is 12.5. The molecule has 0 radical (unpaired) electrons. The van der Waals surface area contributed by atoms with E-state index in [1.807, 2.05) is 26.8 Å². The maximum Gasteiger partial charge on any atom is 0.323 e. The Hall–Kier alpha value is -2.90. The molecule has 1 heterocycles. The van der Waals surface area contributed by atoms with Crippen molar-refractivity contribution in [3.63, 3.8) is 0 Å². The second-order valence-corrected chi connectivity index (χ2v) is 8.06. The van der Waals surface area contributed by atoms with E-state index in [-0.39, 0.29) is 12.5 Å². The highest BCUT2D eigenvalue weighted by Gasteiger charge is 2.33. The Morgan fingerprint density at radius 1 is 1.21 bits per heavy atom. The van der Waals surface area contributed by atoms with Gasteiger partial charge in [0.15, 0.2) is 0 Å². The highest BCUT2D eigenvalue weighted by molar-refractivity contribution is 6.30. The number of nitrogens with one attached hydrogen (secondary N) is 3. The lowest BCUT2D eigenvalue weighted by atomic mass is 9.79. The smallest absolute Gasteiger partial charge is 0.323 e. The minimum Gasteiger partial charge on any atom is -0.392 e. The van der Waals surface area contributed by atoms with Gasteiger partial charge < -0.3 is 15.7 Å². The zero-order valence-corrected chi connectivity index (χ0v) is 17.2. The number of hydrogen-bond acceptors (Lipinski definition) is 4. The van der Waals surface area contributed by atoms with Gasteiger partial charge in [-0.1, -0.05) is 37.6 Å². The van der Waals surface area contributed by atoms with Gasteiger partial charge in [-0.25, -0.2) is 10.2 Å². The lowest BCUT2D eigenvalue weighted by Crippen LogP contribution is -2.39. The van der Waals surface area contributed by atoms with Gasteiger partial charge >= 0.3 is 6.03 Å². The van der Waals surface area contributed by atoms with Gasteiger partial charge in [-0.05, 0) is 36.8 Å². The second kappa shape index (κ2) is 8.23. The van der Waals surface area contributed by atoms with E-state index in [4.69, 9.17) is 11.6 Å². The number of halogens is 1. The number of carbonyl (C=O) groups is 2. The van der Waals surface area contributed by atoms with Crippen LogP contribution in [-0.2, 0) is 11.4 Å². The van der Waals surface area contributed by atoms with E-state index >= 15 is 0 Å². The molecular formula is C21H23ClN4O3. The Kier molecular flexibility index (Phi) is 5.91. The molecule has 2 aromatic rings. The monoisotopic (exact) mass is 414 g/mol. The topological polar surface area (TPSA) is 103 Å². The van der Waals surface area contributed by atoms with Crippen molar-refractivity contribution >= 4 is 40.6 Å². The zero-order valence-electron chi connectivity index (χ0n) is 16.5. The summed E-state index contributed by atoms with van der Waals surface area (Å²) in [5.41, 5.74) is 6.01. The van der Waals surface area contributed by atoms with Crippen molar-refractivity contribution in [3.05, 3.63) is 58.1 Å². The van der Waals surface area contributed by atoms with Crippen LogP contribution in [0, 0.1) is 12.3 Å². The number of nitrogens with zero attached hydrogens (tertiary/aromatic N) is 1. The lowest BCUT2D eigenvalue weighted by Gasteiger charge is -2.30. The van der Waals surface area contributed by atoms with Gasteiger partial charge in [-0.15, -0.1) is 0 Å². The number of aryl methyl sites for hydroxylation is 1. The average Bonchev–Trinajstić information content (AvgIpc) is 2.63. The maximum atomic E-state index is 12.5. The number of hydrogen-bond donors (Lipinski definition) is 4. The van der Waals surface area contributed by atoms with Crippen LogP contribution in [-0.4, -0.2) is 22.8 Å². The summed E-state index contributed by atoms with van der Waals surface area (Å²) < 4.78 is 0. The van der Waals surface area contributed by atoms with Gasteiger partial charge in [0.1, 0.15) is 0 Å². The highest BCUT2D eigenvalue weighted by Crippen LogP contribution is 2.31. The predicted molar refractivity (Wildman–Crippen MR) is 114 cm³/mol. The molecule has 0 atom stereocenters. The van der Waals surface area contributed by atoms with Crippen LogP contribution in [0.1, 0.15) is 37.0 Å². The van der Waals surface area contributed by atoms with Crippen molar-refractivity contribution in [2.45, 2.75) is 33.8 Å². The number of amides is 3. The molecule has 0 unspecified atom stereocenters. The van der Waals surface area contributed by atoms with Crippen molar-refractivity contribution in [2.24, 2.45) is 10.5 Å². The third-order valence-corrected chi connectivity index (χ3v) is 5.01. The molecule has 0 bridgehead atoms. The first-order valence-electron chi connectivity index (χ1n) is 9.15. The number of rotatable bonds is 4. The van der Waals surface area contributed by atoms with Crippen LogP contribution in [0.2, 0.25) is 5.02 Å². The first-order chi connectivity index (χ1) is 13.7. The van der Waals surface area contributed by atoms with Crippen LogP contribution < -0.4 is 16.1 Å². The molecule has 0 aromatic heterocycles. The summed E-state index contributed by atoms with van der Waals surface area (Å²) in [6.45, 7) is 5.49. The van der Waals surface area contributed by atoms with Crippen molar-refractivity contribution in [2.75, 3.05) is 10.6 Å². The molecule has 152 valence electrons.